The van der Waals surface area contributed by atoms with Crippen molar-refractivity contribution in [1.82, 2.24) is 0 Å². The van der Waals surface area contributed by atoms with Gasteiger partial charge in [0.2, 0.25) is 0 Å². The van der Waals surface area contributed by atoms with Gasteiger partial charge in [-0.15, -0.1) is 0 Å². The Bertz CT molecular complexity index is 1210. The van der Waals surface area contributed by atoms with E-state index in [0.717, 1.165) is 75.3 Å². The van der Waals surface area contributed by atoms with Crippen LogP contribution >= 0.6 is 0 Å². The lowest BCUT2D eigenvalue weighted by Gasteiger charge is -2.19. The molecular formula is C36H50O6. The molecule has 0 aliphatic carbocycles. The number of carbonyl (C=O) groups excluding carboxylic acids is 2. The summed E-state index contributed by atoms with van der Waals surface area (Å²) in [7, 11) is 0. The average Bonchev–Trinajstić information content (AvgIpc) is 3.02. The molecule has 6 heteroatoms. The van der Waals surface area contributed by atoms with Gasteiger partial charge in [-0.1, -0.05) is 104 Å². The molecule has 3 rings (SSSR count). The van der Waals surface area contributed by atoms with E-state index in [1.54, 1.807) is 0 Å². The van der Waals surface area contributed by atoms with Gasteiger partial charge in [0, 0.05) is 21.5 Å². The van der Waals surface area contributed by atoms with E-state index < -0.39 is 12.3 Å². The van der Waals surface area contributed by atoms with Crippen molar-refractivity contribution in [2.75, 3.05) is 13.2 Å². The second kappa shape index (κ2) is 17.0. The van der Waals surface area contributed by atoms with Crippen LogP contribution in [0.4, 0.5) is 9.59 Å². The Morgan fingerprint density at radius 2 is 1.02 bits per heavy atom. The number of unbranched alkanes of at least 4 members (excludes halogenated alkanes) is 2. The Morgan fingerprint density at radius 1 is 0.619 bits per heavy atom. The zero-order valence-electron chi connectivity index (χ0n) is 26.6. The van der Waals surface area contributed by atoms with E-state index >= 15 is 0 Å². The third-order valence-corrected chi connectivity index (χ3v) is 8.34. The van der Waals surface area contributed by atoms with Crippen molar-refractivity contribution >= 4 is 33.9 Å². The highest BCUT2D eigenvalue weighted by molar-refractivity contribution is 6.12. The predicted octanol–water partition coefficient (Wildman–Crippen LogP) is 10.6. The molecule has 42 heavy (non-hydrogen) atoms. The van der Waals surface area contributed by atoms with Crippen LogP contribution in [-0.4, -0.2) is 25.5 Å². The summed E-state index contributed by atoms with van der Waals surface area (Å²) in [5, 5.41) is 2.75. The highest BCUT2D eigenvalue weighted by Gasteiger charge is 2.23. The fourth-order valence-electron chi connectivity index (χ4n) is 5.51. The minimum absolute atomic E-state index is 0.306. The minimum Gasteiger partial charge on any atom is -0.434 e. The van der Waals surface area contributed by atoms with Gasteiger partial charge in [0.05, 0.1) is 13.2 Å². The van der Waals surface area contributed by atoms with E-state index in [0.29, 0.717) is 58.1 Å². The van der Waals surface area contributed by atoms with E-state index in [9.17, 15) is 9.59 Å². The molecule has 230 valence electrons. The monoisotopic (exact) mass is 578 g/mol. The van der Waals surface area contributed by atoms with Gasteiger partial charge < -0.3 is 18.9 Å². The van der Waals surface area contributed by atoms with Crippen LogP contribution in [0.15, 0.2) is 36.4 Å². The molecule has 0 N–H and O–H groups in total. The van der Waals surface area contributed by atoms with Crippen LogP contribution in [0.25, 0.3) is 21.5 Å². The molecule has 0 radical (unpaired) electrons. The van der Waals surface area contributed by atoms with Gasteiger partial charge in [0.1, 0.15) is 11.5 Å². The van der Waals surface area contributed by atoms with Gasteiger partial charge in [-0.3, -0.25) is 0 Å². The molecule has 0 bridgehead atoms. The molecule has 3 aromatic rings. The first-order valence-electron chi connectivity index (χ1n) is 16.1. The van der Waals surface area contributed by atoms with Crippen LogP contribution in [-0.2, 0) is 22.3 Å². The largest absolute Gasteiger partial charge is 0.513 e. The average molecular weight is 579 g/mol. The Balaban J connectivity index is 2.01. The first kappa shape index (κ1) is 33.2. The van der Waals surface area contributed by atoms with E-state index in [2.05, 4.69) is 53.7 Å². The Labute approximate surface area is 252 Å². The minimum atomic E-state index is -0.722. The normalized spacial score (nSPS) is 12.7. The molecule has 6 nitrogen and oxygen atoms in total. The summed E-state index contributed by atoms with van der Waals surface area (Å²) < 4.78 is 23.2. The van der Waals surface area contributed by atoms with Crippen LogP contribution in [0.2, 0.25) is 0 Å². The molecule has 2 atom stereocenters. The SMILES string of the molecule is CCCCC(CC)COC(=O)Oc1c2ccccc2c(OC(=O)OCC(CC)CCCC)c2cc(CC)c(CC)cc12. The van der Waals surface area contributed by atoms with Crippen LogP contribution in [0.1, 0.15) is 104 Å². The van der Waals surface area contributed by atoms with Gasteiger partial charge in [-0.25, -0.2) is 9.59 Å². The van der Waals surface area contributed by atoms with Gasteiger partial charge in [-0.2, -0.15) is 0 Å². The number of fused-ring (bicyclic) bond motifs is 2. The molecule has 0 aromatic heterocycles. The Hall–Kier alpha value is -3.28. The number of carbonyl (C=O) groups is 2. The number of hydrogen-bond acceptors (Lipinski definition) is 6. The fourth-order valence-corrected chi connectivity index (χ4v) is 5.51. The molecule has 0 spiro atoms. The van der Waals surface area contributed by atoms with Crippen molar-refractivity contribution in [2.45, 2.75) is 106 Å². The molecule has 0 amide bonds. The first-order valence-corrected chi connectivity index (χ1v) is 16.1. The molecule has 0 fully saturated rings. The highest BCUT2D eigenvalue weighted by atomic mass is 16.7. The number of aryl methyl sites for hydroxylation is 2. The molecular weight excluding hydrogens is 528 g/mol. The quantitative estimate of drug-likeness (QED) is 0.0956. The van der Waals surface area contributed by atoms with Gasteiger partial charge >= 0.3 is 12.3 Å². The third-order valence-electron chi connectivity index (χ3n) is 8.34. The van der Waals surface area contributed by atoms with Gasteiger partial charge in [-0.05, 0) is 60.8 Å². The lowest BCUT2D eigenvalue weighted by Crippen LogP contribution is -2.18. The summed E-state index contributed by atoms with van der Waals surface area (Å²) in [5.74, 6) is 1.44. The van der Waals surface area contributed by atoms with Crippen molar-refractivity contribution in [3.8, 4) is 11.5 Å². The summed E-state index contributed by atoms with van der Waals surface area (Å²) >= 11 is 0. The lowest BCUT2D eigenvalue weighted by atomic mass is 9.94. The zero-order valence-corrected chi connectivity index (χ0v) is 26.6. The maximum Gasteiger partial charge on any atom is 0.513 e. The fraction of sp³-hybridized carbons (Fsp3) is 0.556. The van der Waals surface area contributed by atoms with Crippen LogP contribution in [0.5, 0.6) is 11.5 Å². The predicted molar refractivity (Wildman–Crippen MR) is 171 cm³/mol. The van der Waals surface area contributed by atoms with Crippen molar-refractivity contribution < 1.29 is 28.5 Å². The topological polar surface area (TPSA) is 71.1 Å². The van der Waals surface area contributed by atoms with Crippen molar-refractivity contribution in [3.63, 3.8) is 0 Å². The van der Waals surface area contributed by atoms with Crippen LogP contribution in [0, 0.1) is 11.8 Å². The molecule has 0 saturated carbocycles. The molecule has 2 unspecified atom stereocenters. The maximum absolute atomic E-state index is 13.0. The van der Waals surface area contributed by atoms with Crippen molar-refractivity contribution in [2.24, 2.45) is 11.8 Å². The summed E-state index contributed by atoms with van der Waals surface area (Å²) in [5.41, 5.74) is 2.30. The Kier molecular flexibility index (Phi) is 13.4. The highest BCUT2D eigenvalue weighted by Crippen LogP contribution is 2.44. The number of hydrogen-bond donors (Lipinski definition) is 0. The molecule has 0 aliphatic rings. The van der Waals surface area contributed by atoms with Crippen molar-refractivity contribution in [3.05, 3.63) is 47.5 Å². The molecule has 0 saturated heterocycles. The smallest absolute Gasteiger partial charge is 0.434 e. The van der Waals surface area contributed by atoms with E-state index in [4.69, 9.17) is 18.9 Å². The summed E-state index contributed by atoms with van der Waals surface area (Å²) in [6.45, 7) is 13.4. The first-order chi connectivity index (χ1) is 20.4. The maximum atomic E-state index is 13.0. The zero-order chi connectivity index (χ0) is 30.5. The van der Waals surface area contributed by atoms with Crippen LogP contribution < -0.4 is 9.47 Å². The van der Waals surface area contributed by atoms with E-state index in [1.165, 1.54) is 0 Å². The summed E-state index contributed by atoms with van der Waals surface area (Å²) in [6.07, 6.45) is 8.55. The van der Waals surface area contributed by atoms with E-state index in [-0.39, 0.29) is 0 Å². The summed E-state index contributed by atoms with van der Waals surface area (Å²) in [6, 6.07) is 11.6. The van der Waals surface area contributed by atoms with Gasteiger partial charge in [0.25, 0.3) is 0 Å². The number of rotatable bonds is 16. The second-order valence-electron chi connectivity index (χ2n) is 11.2. The number of ether oxygens (including phenoxy) is 4. The number of benzene rings is 3. The second-order valence-corrected chi connectivity index (χ2v) is 11.2. The van der Waals surface area contributed by atoms with E-state index in [1.807, 2.05) is 24.3 Å². The summed E-state index contributed by atoms with van der Waals surface area (Å²) in [4.78, 5) is 26.1. The molecule has 3 aromatic carbocycles. The third kappa shape index (κ3) is 8.62. The Morgan fingerprint density at radius 3 is 1.36 bits per heavy atom. The van der Waals surface area contributed by atoms with Crippen LogP contribution in [0.3, 0.4) is 0 Å². The standard InChI is InChI=1S/C36H50O6/c1-7-13-17-25(9-3)23-39-35(37)41-33-29-19-15-16-20-30(29)34(32-22-28(12-6)27(11-5)21-31(32)33)42-36(38)40-24-26(10-4)18-14-8-2/h15-16,19-22,25-26H,7-14,17-18,23-24H2,1-6H3. The molecule has 0 heterocycles. The van der Waals surface area contributed by atoms with Crippen molar-refractivity contribution in [1.29, 1.82) is 0 Å². The lowest BCUT2D eigenvalue weighted by molar-refractivity contribution is 0.0805. The van der Waals surface area contributed by atoms with Gasteiger partial charge in [0.15, 0.2) is 0 Å². The molecule has 0 aliphatic heterocycles.